The summed E-state index contributed by atoms with van der Waals surface area (Å²) >= 11 is 0. The van der Waals surface area contributed by atoms with Gasteiger partial charge in [-0.1, -0.05) is 12.1 Å². The highest BCUT2D eigenvalue weighted by molar-refractivity contribution is 5.42. The number of methoxy groups -OCH3 is 1. The maximum Gasteiger partial charge on any atom is 0.161 e. The van der Waals surface area contributed by atoms with Crippen LogP contribution in [0.5, 0.6) is 11.5 Å². The molecule has 2 rings (SSSR count). The molecule has 4 nitrogen and oxygen atoms in total. The van der Waals surface area contributed by atoms with E-state index >= 15 is 0 Å². The minimum atomic E-state index is -1.27. The van der Waals surface area contributed by atoms with Gasteiger partial charge in [-0.05, 0) is 36.8 Å². The Bertz CT molecular complexity index is 659. The second-order valence-corrected chi connectivity index (χ2v) is 5.20. The third kappa shape index (κ3) is 4.43. The van der Waals surface area contributed by atoms with Gasteiger partial charge in [0.25, 0.3) is 0 Å². The molecule has 24 heavy (non-hydrogen) atoms. The van der Waals surface area contributed by atoms with Gasteiger partial charge in [0.1, 0.15) is 11.6 Å². The van der Waals surface area contributed by atoms with Crippen LogP contribution in [-0.4, -0.2) is 25.4 Å². The van der Waals surface area contributed by atoms with E-state index in [-0.39, 0.29) is 12.1 Å². The molecule has 6 heteroatoms. The first kappa shape index (κ1) is 18.2. The van der Waals surface area contributed by atoms with E-state index in [4.69, 9.17) is 9.47 Å². The monoisotopic (exact) mass is 337 g/mol. The third-order valence-electron chi connectivity index (χ3n) is 3.53. The molecule has 1 atom stereocenters. The zero-order valence-corrected chi connectivity index (χ0v) is 13.7. The van der Waals surface area contributed by atoms with Crippen LogP contribution < -0.4 is 14.8 Å². The first-order valence-electron chi connectivity index (χ1n) is 7.69. The highest BCUT2D eigenvalue weighted by Crippen LogP contribution is 2.28. The van der Waals surface area contributed by atoms with Gasteiger partial charge in [0.2, 0.25) is 0 Å². The first-order valence-corrected chi connectivity index (χ1v) is 7.69. The molecule has 0 aromatic heterocycles. The highest BCUT2D eigenvalue weighted by Gasteiger charge is 2.17. The molecule has 0 aliphatic carbocycles. The lowest BCUT2D eigenvalue weighted by Gasteiger charge is -2.15. The molecular formula is C18H21F2NO3. The van der Waals surface area contributed by atoms with Crippen LogP contribution >= 0.6 is 0 Å². The molecule has 0 amide bonds. The van der Waals surface area contributed by atoms with Gasteiger partial charge in [0, 0.05) is 13.1 Å². The van der Waals surface area contributed by atoms with Gasteiger partial charge in [-0.3, -0.25) is 0 Å². The largest absolute Gasteiger partial charge is 0.493 e. The summed E-state index contributed by atoms with van der Waals surface area (Å²) in [6, 6.07) is 8.98. The summed E-state index contributed by atoms with van der Waals surface area (Å²) < 4.78 is 37.9. The van der Waals surface area contributed by atoms with E-state index in [1.807, 2.05) is 19.1 Å². The topological polar surface area (TPSA) is 50.7 Å². The smallest absolute Gasteiger partial charge is 0.161 e. The quantitative estimate of drug-likeness (QED) is 0.777. The number of hydrogen-bond donors (Lipinski definition) is 2. The number of hydrogen-bond acceptors (Lipinski definition) is 4. The molecule has 0 saturated heterocycles. The maximum atomic E-state index is 13.6. The van der Waals surface area contributed by atoms with Crippen molar-refractivity contribution in [2.75, 3.05) is 20.3 Å². The second kappa shape index (κ2) is 8.61. The van der Waals surface area contributed by atoms with Crippen LogP contribution in [0.15, 0.2) is 36.4 Å². The highest BCUT2D eigenvalue weighted by atomic mass is 19.1. The van der Waals surface area contributed by atoms with E-state index in [1.165, 1.54) is 6.07 Å². The molecule has 2 N–H and O–H groups in total. The van der Waals surface area contributed by atoms with Crippen molar-refractivity contribution in [1.82, 2.24) is 5.32 Å². The Morgan fingerprint density at radius 2 is 1.83 bits per heavy atom. The molecule has 0 radical (unpaired) electrons. The van der Waals surface area contributed by atoms with E-state index in [1.54, 1.807) is 13.2 Å². The molecular weight excluding hydrogens is 316 g/mol. The molecule has 0 fully saturated rings. The van der Waals surface area contributed by atoms with Gasteiger partial charge in [0.15, 0.2) is 11.5 Å². The molecule has 0 aliphatic rings. The molecule has 0 bridgehead atoms. The average molecular weight is 337 g/mol. The minimum absolute atomic E-state index is 0.0212. The molecule has 0 spiro atoms. The molecule has 0 saturated carbocycles. The van der Waals surface area contributed by atoms with Crippen molar-refractivity contribution in [1.29, 1.82) is 0 Å². The number of rotatable bonds is 8. The van der Waals surface area contributed by atoms with E-state index in [0.29, 0.717) is 24.7 Å². The van der Waals surface area contributed by atoms with E-state index in [9.17, 15) is 13.9 Å². The van der Waals surface area contributed by atoms with Gasteiger partial charge >= 0.3 is 0 Å². The fraction of sp³-hybridized carbons (Fsp3) is 0.333. The fourth-order valence-corrected chi connectivity index (χ4v) is 2.38. The molecule has 0 aliphatic heterocycles. The summed E-state index contributed by atoms with van der Waals surface area (Å²) in [5.41, 5.74) is 0.575. The first-order chi connectivity index (χ1) is 11.6. The Balaban J connectivity index is 1.96. The maximum absolute atomic E-state index is 13.6. The van der Waals surface area contributed by atoms with Crippen molar-refractivity contribution < 1.29 is 23.4 Å². The molecule has 0 heterocycles. The minimum Gasteiger partial charge on any atom is -0.493 e. The predicted molar refractivity (Wildman–Crippen MR) is 87.2 cm³/mol. The number of ether oxygens (including phenoxy) is 2. The molecule has 1 unspecified atom stereocenters. The van der Waals surface area contributed by atoms with Crippen LogP contribution in [-0.2, 0) is 6.54 Å². The van der Waals surface area contributed by atoms with Gasteiger partial charge in [-0.25, -0.2) is 8.78 Å². The Hall–Kier alpha value is -2.18. The zero-order chi connectivity index (χ0) is 17.5. The standard InChI is InChI=1S/C18H21F2NO3/c1-3-24-16-8-7-12(9-17(16)23-2)10-21-11-15(22)18-13(19)5-4-6-14(18)20/h4-9,15,21-22H,3,10-11H2,1-2H3. The van der Waals surface area contributed by atoms with Crippen LogP contribution in [0.3, 0.4) is 0 Å². The van der Waals surface area contributed by atoms with Crippen molar-refractivity contribution in [3.8, 4) is 11.5 Å². The number of halogens is 2. The lowest BCUT2D eigenvalue weighted by molar-refractivity contribution is 0.164. The Kier molecular flexibility index (Phi) is 6.52. The van der Waals surface area contributed by atoms with Crippen LogP contribution in [0.25, 0.3) is 0 Å². The van der Waals surface area contributed by atoms with Gasteiger partial charge in [0.05, 0.1) is 25.4 Å². The van der Waals surface area contributed by atoms with Crippen LogP contribution in [0, 0.1) is 11.6 Å². The van der Waals surface area contributed by atoms with Crippen molar-refractivity contribution in [2.45, 2.75) is 19.6 Å². The van der Waals surface area contributed by atoms with Crippen molar-refractivity contribution in [3.63, 3.8) is 0 Å². The van der Waals surface area contributed by atoms with Crippen molar-refractivity contribution >= 4 is 0 Å². The van der Waals surface area contributed by atoms with E-state index in [2.05, 4.69) is 5.32 Å². The van der Waals surface area contributed by atoms with Crippen LogP contribution in [0.4, 0.5) is 8.78 Å². The lowest BCUT2D eigenvalue weighted by Crippen LogP contribution is -2.22. The average Bonchev–Trinajstić information content (AvgIpc) is 2.56. The molecule has 130 valence electrons. The summed E-state index contributed by atoms with van der Waals surface area (Å²) in [7, 11) is 1.56. The fourth-order valence-electron chi connectivity index (χ4n) is 2.38. The van der Waals surface area contributed by atoms with Crippen LogP contribution in [0.2, 0.25) is 0 Å². The molecule has 2 aromatic rings. The van der Waals surface area contributed by atoms with E-state index < -0.39 is 17.7 Å². The van der Waals surface area contributed by atoms with Gasteiger partial charge in [-0.15, -0.1) is 0 Å². The van der Waals surface area contributed by atoms with Crippen molar-refractivity contribution in [2.24, 2.45) is 0 Å². The Morgan fingerprint density at radius 3 is 2.46 bits per heavy atom. The van der Waals surface area contributed by atoms with Crippen LogP contribution in [0.1, 0.15) is 24.2 Å². The summed E-state index contributed by atoms with van der Waals surface area (Å²) in [5.74, 6) is -0.256. The predicted octanol–water partition coefficient (Wildman–Crippen LogP) is 3.20. The number of benzene rings is 2. The summed E-state index contributed by atoms with van der Waals surface area (Å²) in [5, 5.41) is 13.0. The normalized spacial score (nSPS) is 12.0. The lowest BCUT2D eigenvalue weighted by atomic mass is 10.1. The summed E-state index contributed by atoms with van der Waals surface area (Å²) in [6.45, 7) is 2.86. The van der Waals surface area contributed by atoms with E-state index in [0.717, 1.165) is 17.7 Å². The number of aliphatic hydroxyl groups excluding tert-OH is 1. The number of nitrogens with one attached hydrogen (secondary N) is 1. The van der Waals surface area contributed by atoms with Crippen molar-refractivity contribution in [3.05, 3.63) is 59.2 Å². The van der Waals surface area contributed by atoms with Gasteiger partial charge < -0.3 is 19.9 Å². The third-order valence-corrected chi connectivity index (χ3v) is 3.53. The molecule has 2 aromatic carbocycles. The zero-order valence-electron chi connectivity index (χ0n) is 13.7. The van der Waals surface area contributed by atoms with Gasteiger partial charge in [-0.2, -0.15) is 0 Å². The Morgan fingerprint density at radius 1 is 1.12 bits per heavy atom. The second-order valence-electron chi connectivity index (χ2n) is 5.20. The SMILES string of the molecule is CCOc1ccc(CNCC(O)c2c(F)cccc2F)cc1OC. The number of aliphatic hydroxyl groups is 1. The summed E-state index contributed by atoms with van der Waals surface area (Å²) in [6.07, 6.45) is -1.27. The Labute approximate surface area is 140 Å². The summed E-state index contributed by atoms with van der Waals surface area (Å²) in [4.78, 5) is 0.